The maximum Gasteiger partial charge on any atom is 0.269 e. The molecule has 0 unspecified atom stereocenters. The number of hydrogen-bond donors (Lipinski definition) is 2. The minimum Gasteiger partial charge on any atom is -0.326 e. The van der Waals surface area contributed by atoms with Gasteiger partial charge in [0.2, 0.25) is 11.8 Å². The van der Waals surface area contributed by atoms with Gasteiger partial charge in [0.15, 0.2) is 0 Å². The summed E-state index contributed by atoms with van der Waals surface area (Å²) in [5, 5.41) is 16.0. The first-order valence-corrected chi connectivity index (χ1v) is 7.47. The van der Waals surface area contributed by atoms with E-state index in [-0.39, 0.29) is 17.5 Å². The minimum atomic E-state index is -0.481. The Balaban J connectivity index is 2.07. The summed E-state index contributed by atoms with van der Waals surface area (Å²) in [6.45, 7) is 3.21. The number of nitrogens with one attached hydrogen (secondary N) is 2. The number of hydrogen-bond acceptors (Lipinski definition) is 4. The van der Waals surface area contributed by atoms with Gasteiger partial charge in [-0.2, -0.15) is 0 Å². The third kappa shape index (κ3) is 5.00. The van der Waals surface area contributed by atoms with Gasteiger partial charge in [0.25, 0.3) is 5.69 Å². The monoisotopic (exact) mass is 339 g/mol. The topological polar surface area (TPSA) is 101 Å². The van der Waals surface area contributed by atoms with Crippen LogP contribution >= 0.6 is 0 Å². The van der Waals surface area contributed by atoms with Gasteiger partial charge in [-0.1, -0.05) is 6.07 Å². The molecule has 0 bridgehead atoms. The van der Waals surface area contributed by atoms with Gasteiger partial charge in [-0.3, -0.25) is 19.7 Å². The van der Waals surface area contributed by atoms with Gasteiger partial charge in [-0.15, -0.1) is 0 Å². The highest BCUT2D eigenvalue weighted by molar-refractivity contribution is 6.03. The summed E-state index contributed by atoms with van der Waals surface area (Å²) in [6, 6.07) is 11.1. The number of nitro groups is 1. The van der Waals surface area contributed by atoms with E-state index in [1.54, 1.807) is 43.3 Å². The number of nitrogens with zero attached hydrogens (tertiary/aromatic N) is 1. The van der Waals surface area contributed by atoms with Crippen LogP contribution in [0.15, 0.2) is 48.5 Å². The smallest absolute Gasteiger partial charge is 0.269 e. The highest BCUT2D eigenvalue weighted by Gasteiger charge is 2.07. The molecule has 0 saturated heterocycles. The molecule has 0 aliphatic carbocycles. The van der Waals surface area contributed by atoms with Crippen molar-refractivity contribution < 1.29 is 14.5 Å². The largest absolute Gasteiger partial charge is 0.326 e. The first kappa shape index (κ1) is 17.9. The Labute approximate surface area is 144 Å². The van der Waals surface area contributed by atoms with Crippen LogP contribution in [0.5, 0.6) is 0 Å². The molecule has 25 heavy (non-hydrogen) atoms. The molecular weight excluding hydrogens is 322 g/mol. The van der Waals surface area contributed by atoms with Crippen LogP contribution in [0.4, 0.5) is 17.1 Å². The predicted octanol–water partition coefficient (Wildman–Crippen LogP) is 3.51. The molecule has 7 heteroatoms. The van der Waals surface area contributed by atoms with Crippen molar-refractivity contribution in [3.05, 3.63) is 69.8 Å². The lowest BCUT2D eigenvalue weighted by molar-refractivity contribution is -0.384. The van der Waals surface area contributed by atoms with E-state index in [4.69, 9.17) is 0 Å². The highest BCUT2D eigenvalue weighted by Crippen LogP contribution is 2.23. The van der Waals surface area contributed by atoms with Crippen LogP contribution in [0, 0.1) is 17.0 Å². The Hall–Kier alpha value is -3.48. The van der Waals surface area contributed by atoms with Crippen LogP contribution in [0.25, 0.3) is 6.08 Å². The van der Waals surface area contributed by atoms with E-state index in [9.17, 15) is 19.7 Å². The number of carbonyl (C=O) groups excluding carboxylic acids is 2. The molecule has 0 spiro atoms. The Morgan fingerprint density at radius 3 is 2.20 bits per heavy atom. The zero-order chi connectivity index (χ0) is 18.4. The fraction of sp³-hybridized carbons (Fsp3) is 0.111. The van der Waals surface area contributed by atoms with E-state index in [0.29, 0.717) is 16.9 Å². The van der Waals surface area contributed by atoms with Gasteiger partial charge in [-0.05, 0) is 48.4 Å². The van der Waals surface area contributed by atoms with Crippen LogP contribution in [0.1, 0.15) is 18.1 Å². The van der Waals surface area contributed by atoms with Crippen LogP contribution in [0.3, 0.4) is 0 Å². The number of carbonyl (C=O) groups is 2. The van der Waals surface area contributed by atoms with E-state index >= 15 is 0 Å². The molecule has 0 heterocycles. The number of non-ortho nitro benzene ring substituents is 1. The molecule has 0 atom stereocenters. The van der Waals surface area contributed by atoms with Crippen molar-refractivity contribution in [3.8, 4) is 0 Å². The number of nitro benzene ring substituents is 1. The Kier molecular flexibility index (Phi) is 5.62. The Morgan fingerprint density at radius 1 is 1.04 bits per heavy atom. The van der Waals surface area contributed by atoms with Gasteiger partial charge in [0.1, 0.15) is 0 Å². The molecule has 0 saturated carbocycles. The average molecular weight is 339 g/mol. The molecule has 0 aliphatic heterocycles. The first-order valence-electron chi connectivity index (χ1n) is 7.47. The molecule has 2 aromatic rings. The summed E-state index contributed by atoms with van der Waals surface area (Å²) in [6.07, 6.45) is 2.90. The SMILES string of the molecule is CC(=O)Nc1cccc(NC(=O)/C=C/c2ccc([N+](=O)[O-])cc2)c1C. The van der Waals surface area contributed by atoms with Gasteiger partial charge < -0.3 is 10.6 Å². The molecule has 2 aromatic carbocycles. The molecule has 2 N–H and O–H groups in total. The molecule has 7 nitrogen and oxygen atoms in total. The highest BCUT2D eigenvalue weighted by atomic mass is 16.6. The first-order chi connectivity index (χ1) is 11.9. The quantitative estimate of drug-likeness (QED) is 0.494. The Morgan fingerprint density at radius 2 is 1.64 bits per heavy atom. The summed E-state index contributed by atoms with van der Waals surface area (Å²) in [5.74, 6) is -0.536. The van der Waals surface area contributed by atoms with Crippen molar-refractivity contribution in [2.45, 2.75) is 13.8 Å². The number of benzene rings is 2. The second-order valence-electron chi connectivity index (χ2n) is 5.33. The van der Waals surface area contributed by atoms with Crippen molar-refractivity contribution in [1.82, 2.24) is 0 Å². The van der Waals surface area contributed by atoms with Crippen LogP contribution in [0.2, 0.25) is 0 Å². The third-order valence-electron chi connectivity index (χ3n) is 3.43. The Bertz CT molecular complexity index is 842. The van der Waals surface area contributed by atoms with E-state index in [2.05, 4.69) is 10.6 Å². The van der Waals surface area contributed by atoms with Crippen LogP contribution in [-0.4, -0.2) is 16.7 Å². The van der Waals surface area contributed by atoms with Crippen molar-refractivity contribution in [2.24, 2.45) is 0 Å². The molecule has 0 fully saturated rings. The van der Waals surface area contributed by atoms with E-state index in [0.717, 1.165) is 5.56 Å². The van der Waals surface area contributed by atoms with Crippen molar-refractivity contribution in [3.63, 3.8) is 0 Å². The number of rotatable bonds is 5. The molecule has 2 amide bonds. The summed E-state index contributed by atoms with van der Waals surface area (Å²) >= 11 is 0. The molecule has 0 aliphatic rings. The maximum absolute atomic E-state index is 12.1. The van der Waals surface area contributed by atoms with E-state index in [1.165, 1.54) is 25.1 Å². The summed E-state index contributed by atoms with van der Waals surface area (Å²) in [5.41, 5.74) is 2.63. The van der Waals surface area contributed by atoms with Crippen molar-refractivity contribution in [1.29, 1.82) is 0 Å². The summed E-state index contributed by atoms with van der Waals surface area (Å²) in [7, 11) is 0. The van der Waals surface area contributed by atoms with Crippen LogP contribution < -0.4 is 10.6 Å². The summed E-state index contributed by atoms with van der Waals surface area (Å²) in [4.78, 5) is 33.3. The number of anilines is 2. The lowest BCUT2D eigenvalue weighted by Crippen LogP contribution is -2.12. The standard InChI is InChI=1S/C18H17N3O4/c1-12-16(19-13(2)22)4-3-5-17(12)20-18(23)11-8-14-6-9-15(10-7-14)21(24)25/h3-11H,1-2H3,(H,19,22)(H,20,23)/b11-8+. The minimum absolute atomic E-state index is 0.00740. The lowest BCUT2D eigenvalue weighted by Gasteiger charge is -2.11. The maximum atomic E-state index is 12.1. The predicted molar refractivity (Wildman–Crippen MR) is 96.2 cm³/mol. The molecule has 0 aromatic heterocycles. The second kappa shape index (κ2) is 7.87. The van der Waals surface area contributed by atoms with Gasteiger partial charge in [0, 0.05) is 36.5 Å². The zero-order valence-electron chi connectivity index (χ0n) is 13.8. The third-order valence-corrected chi connectivity index (χ3v) is 3.43. The van der Waals surface area contributed by atoms with Crippen molar-refractivity contribution >= 4 is 35.0 Å². The van der Waals surface area contributed by atoms with Gasteiger partial charge in [-0.25, -0.2) is 0 Å². The van der Waals surface area contributed by atoms with E-state index in [1.807, 2.05) is 0 Å². The van der Waals surface area contributed by atoms with Gasteiger partial charge >= 0.3 is 0 Å². The second-order valence-corrected chi connectivity index (χ2v) is 5.33. The molecule has 2 rings (SSSR count). The normalized spacial score (nSPS) is 10.5. The average Bonchev–Trinajstić information content (AvgIpc) is 2.56. The molecular formula is C18H17N3O4. The van der Waals surface area contributed by atoms with Gasteiger partial charge in [0.05, 0.1) is 4.92 Å². The molecule has 128 valence electrons. The number of amides is 2. The fourth-order valence-electron chi connectivity index (χ4n) is 2.15. The van der Waals surface area contributed by atoms with Crippen LogP contribution in [-0.2, 0) is 9.59 Å². The summed E-state index contributed by atoms with van der Waals surface area (Å²) < 4.78 is 0. The fourth-order valence-corrected chi connectivity index (χ4v) is 2.15. The van der Waals surface area contributed by atoms with Crippen molar-refractivity contribution in [2.75, 3.05) is 10.6 Å². The van der Waals surface area contributed by atoms with E-state index < -0.39 is 4.92 Å². The zero-order valence-corrected chi connectivity index (χ0v) is 13.8. The molecule has 0 radical (unpaired) electrons. The lowest BCUT2D eigenvalue weighted by atomic mass is 10.1.